The number of nitrogens with one attached hydrogen (secondary N) is 1. The van der Waals surface area contributed by atoms with E-state index in [-0.39, 0.29) is 11.9 Å². The number of amides is 1. The molecule has 0 rings (SSSR count). The molecule has 98 valence electrons. The first-order valence-electron chi connectivity index (χ1n) is 6.25. The highest BCUT2D eigenvalue weighted by Gasteiger charge is 2.20. The van der Waals surface area contributed by atoms with Crippen molar-refractivity contribution in [2.75, 3.05) is 20.6 Å². The third-order valence-corrected chi connectivity index (χ3v) is 2.57. The molecule has 0 aromatic heterocycles. The molecule has 1 amide bonds. The van der Waals surface area contributed by atoms with Gasteiger partial charge in [-0.2, -0.15) is 5.26 Å². The Morgan fingerprint density at radius 2 is 2.00 bits per heavy atom. The van der Waals surface area contributed by atoms with Crippen LogP contribution in [0.1, 0.15) is 33.6 Å². The van der Waals surface area contributed by atoms with Gasteiger partial charge in [0.1, 0.15) is 5.92 Å². The Morgan fingerprint density at radius 3 is 2.35 bits per heavy atom. The number of nitrogens with zero attached hydrogens (tertiary/aromatic N) is 2. The molecule has 0 heterocycles. The zero-order valence-corrected chi connectivity index (χ0v) is 11.7. The number of hydrogen-bond donors (Lipinski definition) is 1. The van der Waals surface area contributed by atoms with Gasteiger partial charge in [-0.1, -0.05) is 20.8 Å². The molecule has 17 heavy (non-hydrogen) atoms. The molecule has 0 fully saturated rings. The van der Waals surface area contributed by atoms with Crippen molar-refractivity contribution < 1.29 is 4.79 Å². The summed E-state index contributed by atoms with van der Waals surface area (Å²) in [4.78, 5) is 13.9. The number of nitriles is 1. The highest BCUT2D eigenvalue weighted by molar-refractivity contribution is 5.81. The highest BCUT2D eigenvalue weighted by atomic mass is 16.1. The summed E-state index contributed by atoms with van der Waals surface area (Å²) in [6.07, 6.45) is 1.50. The topological polar surface area (TPSA) is 56.1 Å². The smallest absolute Gasteiger partial charge is 0.237 e. The second-order valence-electron chi connectivity index (χ2n) is 5.19. The van der Waals surface area contributed by atoms with Crippen LogP contribution in [-0.4, -0.2) is 37.5 Å². The van der Waals surface area contributed by atoms with Gasteiger partial charge in [-0.25, -0.2) is 0 Å². The Bertz CT molecular complexity index is 258. The summed E-state index contributed by atoms with van der Waals surface area (Å²) < 4.78 is 0. The van der Waals surface area contributed by atoms with Crippen LogP contribution in [0.5, 0.6) is 0 Å². The van der Waals surface area contributed by atoms with Crippen molar-refractivity contribution in [3.05, 3.63) is 0 Å². The zero-order chi connectivity index (χ0) is 13.4. The van der Waals surface area contributed by atoms with E-state index in [0.29, 0.717) is 12.3 Å². The van der Waals surface area contributed by atoms with Gasteiger partial charge in [-0.3, -0.25) is 4.79 Å². The number of carbonyl (C=O) groups excluding carboxylic acids is 1. The predicted molar refractivity (Wildman–Crippen MR) is 69.3 cm³/mol. The first kappa shape index (κ1) is 15.9. The molecule has 1 N–H and O–H groups in total. The van der Waals surface area contributed by atoms with Gasteiger partial charge in [0, 0.05) is 12.6 Å². The summed E-state index contributed by atoms with van der Waals surface area (Å²) in [5.74, 6) is -0.128. The Labute approximate surface area is 105 Å². The van der Waals surface area contributed by atoms with Gasteiger partial charge in [-0.15, -0.1) is 0 Å². The highest BCUT2D eigenvalue weighted by Crippen LogP contribution is 2.08. The number of carbonyl (C=O) groups is 1. The lowest BCUT2D eigenvalue weighted by Gasteiger charge is -2.24. The zero-order valence-electron chi connectivity index (χ0n) is 11.7. The Hall–Kier alpha value is -1.08. The van der Waals surface area contributed by atoms with Crippen LogP contribution in [0.2, 0.25) is 0 Å². The molecule has 4 nitrogen and oxygen atoms in total. The molecule has 0 saturated carbocycles. The molecule has 0 aliphatic heterocycles. The molecule has 0 aromatic carbocycles. The van der Waals surface area contributed by atoms with E-state index >= 15 is 0 Å². The normalized spacial score (nSPS) is 14.5. The van der Waals surface area contributed by atoms with E-state index in [1.807, 2.05) is 27.1 Å². The molecule has 0 spiro atoms. The summed E-state index contributed by atoms with van der Waals surface area (Å²) >= 11 is 0. The fourth-order valence-corrected chi connectivity index (χ4v) is 1.83. The van der Waals surface area contributed by atoms with Crippen LogP contribution in [0.15, 0.2) is 0 Å². The molecular formula is C13H25N3O. The number of likely N-dealkylation sites (N-methyl/N-ethyl adjacent to an activating group) is 1. The van der Waals surface area contributed by atoms with Crippen LogP contribution in [0, 0.1) is 23.2 Å². The van der Waals surface area contributed by atoms with Crippen molar-refractivity contribution in [1.82, 2.24) is 10.2 Å². The number of rotatable bonds is 7. The maximum atomic E-state index is 11.8. The quantitative estimate of drug-likeness (QED) is 0.734. The molecule has 0 radical (unpaired) electrons. The summed E-state index contributed by atoms with van der Waals surface area (Å²) in [5, 5.41) is 11.8. The average molecular weight is 239 g/mol. The molecule has 0 aliphatic carbocycles. The lowest BCUT2D eigenvalue weighted by atomic mass is 10.0. The maximum absolute atomic E-state index is 11.8. The minimum Gasteiger partial charge on any atom is -0.351 e. The third-order valence-electron chi connectivity index (χ3n) is 2.57. The molecule has 0 aliphatic rings. The fourth-order valence-electron chi connectivity index (χ4n) is 1.83. The van der Waals surface area contributed by atoms with Crippen LogP contribution in [0.4, 0.5) is 0 Å². The second-order valence-corrected chi connectivity index (χ2v) is 5.19. The van der Waals surface area contributed by atoms with Crippen LogP contribution >= 0.6 is 0 Å². The minimum atomic E-state index is -0.521. The first-order valence-corrected chi connectivity index (χ1v) is 6.25. The van der Waals surface area contributed by atoms with Crippen molar-refractivity contribution >= 4 is 5.91 Å². The van der Waals surface area contributed by atoms with E-state index in [4.69, 9.17) is 5.26 Å². The van der Waals surface area contributed by atoms with Gasteiger partial charge < -0.3 is 10.2 Å². The van der Waals surface area contributed by atoms with E-state index in [2.05, 4.69) is 24.1 Å². The van der Waals surface area contributed by atoms with Crippen molar-refractivity contribution in [2.24, 2.45) is 11.8 Å². The van der Waals surface area contributed by atoms with Gasteiger partial charge in [-0.05, 0) is 32.9 Å². The predicted octanol–water partition coefficient (Wildman–Crippen LogP) is 1.63. The molecule has 0 aromatic rings. The lowest BCUT2D eigenvalue weighted by molar-refractivity contribution is -0.124. The van der Waals surface area contributed by atoms with Crippen LogP contribution in [-0.2, 0) is 4.79 Å². The SMILES string of the molecule is CCC(C#N)C(=O)NC(CC(C)C)CN(C)C. The van der Waals surface area contributed by atoms with Gasteiger partial charge >= 0.3 is 0 Å². The molecule has 2 atom stereocenters. The Kier molecular flexibility index (Phi) is 7.56. The summed E-state index contributed by atoms with van der Waals surface area (Å²) in [5.41, 5.74) is 0. The van der Waals surface area contributed by atoms with E-state index in [1.165, 1.54) is 0 Å². The largest absolute Gasteiger partial charge is 0.351 e. The molecule has 4 heteroatoms. The monoisotopic (exact) mass is 239 g/mol. The van der Waals surface area contributed by atoms with Gasteiger partial charge in [0.15, 0.2) is 0 Å². The fraction of sp³-hybridized carbons (Fsp3) is 0.846. The van der Waals surface area contributed by atoms with Crippen LogP contribution in [0.3, 0.4) is 0 Å². The lowest BCUT2D eigenvalue weighted by Crippen LogP contribution is -2.44. The summed E-state index contributed by atoms with van der Waals surface area (Å²) in [6.45, 7) is 6.94. The van der Waals surface area contributed by atoms with Gasteiger partial charge in [0.05, 0.1) is 6.07 Å². The van der Waals surface area contributed by atoms with Crippen molar-refractivity contribution in [3.8, 4) is 6.07 Å². The average Bonchev–Trinajstić information content (AvgIpc) is 2.16. The van der Waals surface area contributed by atoms with Crippen LogP contribution < -0.4 is 5.32 Å². The van der Waals surface area contributed by atoms with Crippen molar-refractivity contribution in [2.45, 2.75) is 39.7 Å². The van der Waals surface area contributed by atoms with E-state index < -0.39 is 5.92 Å². The third kappa shape index (κ3) is 6.96. The van der Waals surface area contributed by atoms with Gasteiger partial charge in [0.2, 0.25) is 5.91 Å². The Balaban J connectivity index is 4.41. The molecular weight excluding hydrogens is 214 g/mol. The Morgan fingerprint density at radius 1 is 1.41 bits per heavy atom. The maximum Gasteiger partial charge on any atom is 0.237 e. The van der Waals surface area contributed by atoms with E-state index in [1.54, 1.807) is 0 Å². The molecule has 0 bridgehead atoms. The first-order chi connectivity index (χ1) is 7.90. The minimum absolute atomic E-state index is 0.125. The summed E-state index contributed by atoms with van der Waals surface area (Å²) in [7, 11) is 3.97. The molecule has 2 unspecified atom stereocenters. The van der Waals surface area contributed by atoms with E-state index in [0.717, 1.165) is 13.0 Å². The van der Waals surface area contributed by atoms with Crippen molar-refractivity contribution in [3.63, 3.8) is 0 Å². The summed E-state index contributed by atoms with van der Waals surface area (Å²) in [6, 6.07) is 2.16. The standard InChI is InChI=1S/C13H25N3O/c1-6-11(8-14)13(17)15-12(7-10(2)3)9-16(4)5/h10-12H,6-7,9H2,1-5H3,(H,15,17). The van der Waals surface area contributed by atoms with Crippen molar-refractivity contribution in [1.29, 1.82) is 5.26 Å². The van der Waals surface area contributed by atoms with Crippen LogP contribution in [0.25, 0.3) is 0 Å². The second kappa shape index (κ2) is 8.08. The molecule has 0 saturated heterocycles. The number of hydrogen-bond acceptors (Lipinski definition) is 3. The van der Waals surface area contributed by atoms with Gasteiger partial charge in [0.25, 0.3) is 0 Å². The van der Waals surface area contributed by atoms with E-state index in [9.17, 15) is 4.79 Å².